The lowest BCUT2D eigenvalue weighted by atomic mass is 10.3. The van der Waals surface area contributed by atoms with Crippen LogP contribution in [-0.2, 0) is 10.2 Å². The number of likely N-dealkylation sites (N-methyl/N-ethyl adjacent to an activating group) is 1. The van der Waals surface area contributed by atoms with Crippen LogP contribution >= 0.6 is 0 Å². The second-order valence-corrected chi connectivity index (χ2v) is 5.50. The zero-order chi connectivity index (χ0) is 11.9. The Balaban J connectivity index is 4.04. The lowest BCUT2D eigenvalue weighted by Crippen LogP contribution is -2.44. The van der Waals surface area contributed by atoms with Crippen molar-refractivity contribution in [3.05, 3.63) is 0 Å². The molecule has 0 rings (SSSR count). The van der Waals surface area contributed by atoms with E-state index in [1.54, 1.807) is 7.05 Å². The van der Waals surface area contributed by atoms with Crippen LogP contribution in [0.15, 0.2) is 0 Å². The molecule has 0 heterocycles. The highest BCUT2D eigenvalue weighted by molar-refractivity contribution is 7.87. The Labute approximate surface area is 93.4 Å². The second-order valence-electron chi connectivity index (χ2n) is 3.63. The maximum atomic E-state index is 11.6. The molecule has 0 aromatic heterocycles. The van der Waals surface area contributed by atoms with E-state index in [1.165, 1.54) is 4.31 Å². The minimum Gasteiger partial charge on any atom is -0.313 e. The van der Waals surface area contributed by atoms with Gasteiger partial charge < -0.3 is 5.32 Å². The van der Waals surface area contributed by atoms with Crippen LogP contribution in [0.3, 0.4) is 0 Å². The highest BCUT2D eigenvalue weighted by Gasteiger charge is 2.16. The molecule has 1 atom stereocenters. The van der Waals surface area contributed by atoms with Gasteiger partial charge in [0.25, 0.3) is 10.2 Å². The Morgan fingerprint density at radius 2 is 1.93 bits per heavy atom. The quantitative estimate of drug-likeness (QED) is 0.632. The van der Waals surface area contributed by atoms with E-state index in [1.807, 2.05) is 20.8 Å². The van der Waals surface area contributed by atoms with Gasteiger partial charge in [0.05, 0.1) is 0 Å². The minimum atomic E-state index is -3.29. The summed E-state index contributed by atoms with van der Waals surface area (Å²) in [5, 5.41) is 3.14. The highest BCUT2D eigenvalue weighted by Crippen LogP contribution is 1.95. The van der Waals surface area contributed by atoms with E-state index in [9.17, 15) is 8.42 Å². The first-order valence-corrected chi connectivity index (χ1v) is 6.82. The lowest BCUT2D eigenvalue weighted by molar-refractivity contribution is 0.449. The number of nitrogens with zero attached hydrogens (tertiary/aromatic N) is 1. The molecule has 0 unspecified atom stereocenters. The first-order valence-electron chi connectivity index (χ1n) is 5.38. The van der Waals surface area contributed by atoms with E-state index in [0.29, 0.717) is 13.1 Å². The standard InChI is InChI=1S/C9H23N3O2S/c1-5-7-12(4)15(13,14)11-8-9(3)10-6-2/h9-11H,5-8H2,1-4H3/t9-/m1/s1. The first kappa shape index (κ1) is 14.8. The number of rotatable bonds is 8. The van der Waals surface area contributed by atoms with E-state index >= 15 is 0 Å². The summed E-state index contributed by atoms with van der Waals surface area (Å²) in [6.45, 7) is 7.70. The highest BCUT2D eigenvalue weighted by atomic mass is 32.2. The van der Waals surface area contributed by atoms with Crippen LogP contribution in [0.4, 0.5) is 0 Å². The van der Waals surface area contributed by atoms with Gasteiger partial charge in [0.15, 0.2) is 0 Å². The van der Waals surface area contributed by atoms with Crippen LogP contribution in [0, 0.1) is 0 Å². The summed E-state index contributed by atoms with van der Waals surface area (Å²) < 4.78 is 27.1. The monoisotopic (exact) mass is 237 g/mol. The molecule has 2 N–H and O–H groups in total. The van der Waals surface area contributed by atoms with Crippen molar-refractivity contribution in [2.24, 2.45) is 0 Å². The zero-order valence-corrected chi connectivity index (χ0v) is 10.9. The molecule has 0 aliphatic rings. The molecule has 0 saturated carbocycles. The molecule has 0 fully saturated rings. The van der Waals surface area contributed by atoms with Gasteiger partial charge in [-0.15, -0.1) is 0 Å². The van der Waals surface area contributed by atoms with Crippen molar-refractivity contribution in [2.45, 2.75) is 33.2 Å². The maximum Gasteiger partial charge on any atom is 0.279 e. The topological polar surface area (TPSA) is 61.4 Å². The third-order valence-corrected chi connectivity index (χ3v) is 3.61. The summed E-state index contributed by atoms with van der Waals surface area (Å²) in [7, 11) is -1.71. The van der Waals surface area contributed by atoms with Crippen LogP contribution < -0.4 is 10.0 Å². The van der Waals surface area contributed by atoms with E-state index < -0.39 is 10.2 Å². The molecule has 0 saturated heterocycles. The smallest absolute Gasteiger partial charge is 0.279 e. The Morgan fingerprint density at radius 3 is 2.40 bits per heavy atom. The van der Waals surface area contributed by atoms with Crippen LogP contribution in [0.25, 0.3) is 0 Å². The summed E-state index contributed by atoms with van der Waals surface area (Å²) in [6, 6.07) is 0.153. The van der Waals surface area contributed by atoms with Crippen molar-refractivity contribution >= 4 is 10.2 Å². The molecule has 0 aromatic rings. The SMILES string of the molecule is CCCN(C)S(=O)(=O)NC[C@@H](C)NCC. The molecular formula is C9H23N3O2S. The van der Waals surface area contributed by atoms with E-state index in [0.717, 1.165) is 13.0 Å². The predicted molar refractivity (Wildman–Crippen MR) is 63.0 cm³/mol. The summed E-state index contributed by atoms with van der Waals surface area (Å²) in [6.07, 6.45) is 0.820. The summed E-state index contributed by atoms with van der Waals surface area (Å²) in [4.78, 5) is 0. The largest absolute Gasteiger partial charge is 0.313 e. The fraction of sp³-hybridized carbons (Fsp3) is 1.00. The Bertz CT molecular complexity index is 254. The molecule has 0 bridgehead atoms. The lowest BCUT2D eigenvalue weighted by Gasteiger charge is -2.19. The van der Waals surface area contributed by atoms with Gasteiger partial charge in [-0.1, -0.05) is 13.8 Å². The average Bonchev–Trinajstić information content (AvgIpc) is 2.16. The molecule has 15 heavy (non-hydrogen) atoms. The molecule has 0 amide bonds. The Kier molecular flexibility index (Phi) is 7.08. The van der Waals surface area contributed by atoms with Crippen LogP contribution in [0.1, 0.15) is 27.2 Å². The summed E-state index contributed by atoms with van der Waals surface area (Å²) in [5.74, 6) is 0. The van der Waals surface area contributed by atoms with Gasteiger partial charge in [0.2, 0.25) is 0 Å². The van der Waals surface area contributed by atoms with Crippen LogP contribution in [-0.4, -0.2) is 45.4 Å². The molecule has 0 aliphatic carbocycles. The van der Waals surface area contributed by atoms with Crippen molar-refractivity contribution in [3.63, 3.8) is 0 Å². The third kappa shape index (κ3) is 6.09. The first-order chi connectivity index (χ1) is 6.94. The predicted octanol–water partition coefficient (Wildman–Crippen LogP) is 0.161. The molecule has 0 spiro atoms. The maximum absolute atomic E-state index is 11.6. The van der Waals surface area contributed by atoms with Gasteiger partial charge in [-0.05, 0) is 19.9 Å². The fourth-order valence-electron chi connectivity index (χ4n) is 1.20. The molecular weight excluding hydrogens is 214 g/mol. The fourth-order valence-corrected chi connectivity index (χ4v) is 2.30. The van der Waals surface area contributed by atoms with Gasteiger partial charge in [-0.25, -0.2) is 4.72 Å². The molecule has 0 radical (unpaired) electrons. The number of hydrogen-bond donors (Lipinski definition) is 2. The number of hydrogen-bond acceptors (Lipinski definition) is 3. The van der Waals surface area contributed by atoms with Gasteiger partial charge in [0, 0.05) is 26.2 Å². The van der Waals surface area contributed by atoms with Crippen molar-refractivity contribution in [1.82, 2.24) is 14.3 Å². The normalized spacial score (nSPS) is 14.5. The zero-order valence-electron chi connectivity index (χ0n) is 10.1. The number of nitrogens with one attached hydrogen (secondary N) is 2. The summed E-state index contributed by atoms with van der Waals surface area (Å²) >= 11 is 0. The third-order valence-electron chi connectivity index (χ3n) is 2.07. The molecule has 92 valence electrons. The molecule has 5 nitrogen and oxygen atoms in total. The minimum absolute atomic E-state index is 0.153. The second kappa shape index (κ2) is 7.16. The Hall–Kier alpha value is -0.170. The average molecular weight is 237 g/mol. The van der Waals surface area contributed by atoms with Crippen LogP contribution in [0.2, 0.25) is 0 Å². The van der Waals surface area contributed by atoms with E-state index in [2.05, 4.69) is 10.0 Å². The van der Waals surface area contributed by atoms with Gasteiger partial charge in [-0.2, -0.15) is 12.7 Å². The van der Waals surface area contributed by atoms with Crippen molar-refractivity contribution in [3.8, 4) is 0 Å². The van der Waals surface area contributed by atoms with Gasteiger partial charge >= 0.3 is 0 Å². The Morgan fingerprint density at radius 1 is 1.33 bits per heavy atom. The van der Waals surface area contributed by atoms with Gasteiger partial charge in [-0.3, -0.25) is 0 Å². The van der Waals surface area contributed by atoms with Crippen LogP contribution in [0.5, 0.6) is 0 Å². The van der Waals surface area contributed by atoms with Crippen molar-refractivity contribution in [1.29, 1.82) is 0 Å². The molecule has 6 heteroatoms. The van der Waals surface area contributed by atoms with E-state index in [-0.39, 0.29) is 6.04 Å². The summed E-state index contributed by atoms with van der Waals surface area (Å²) in [5.41, 5.74) is 0. The van der Waals surface area contributed by atoms with Crippen molar-refractivity contribution < 1.29 is 8.42 Å². The van der Waals surface area contributed by atoms with Crippen molar-refractivity contribution in [2.75, 3.05) is 26.7 Å². The van der Waals surface area contributed by atoms with E-state index in [4.69, 9.17) is 0 Å². The molecule has 0 aliphatic heterocycles. The van der Waals surface area contributed by atoms with Gasteiger partial charge in [0.1, 0.15) is 0 Å². The molecule has 0 aromatic carbocycles.